The van der Waals surface area contributed by atoms with Crippen LogP contribution in [0.1, 0.15) is 11.1 Å². The smallest absolute Gasteiger partial charge is 0.336 e. The van der Waals surface area contributed by atoms with Crippen LogP contribution in [0.3, 0.4) is 0 Å². The Labute approximate surface area is 132 Å². The first-order valence-corrected chi connectivity index (χ1v) is 6.80. The monoisotopic (exact) mass is 314 g/mol. The van der Waals surface area contributed by atoms with E-state index in [2.05, 4.69) is 0 Å². The molecule has 1 aliphatic heterocycles. The Morgan fingerprint density at radius 2 is 1.96 bits per heavy atom. The highest BCUT2D eigenvalue weighted by molar-refractivity contribution is 6.20. The van der Waals surface area contributed by atoms with Crippen LogP contribution in [0.25, 0.3) is 11.6 Å². The van der Waals surface area contributed by atoms with Crippen LogP contribution in [0.15, 0.2) is 36.4 Å². The lowest BCUT2D eigenvalue weighted by molar-refractivity contribution is -0.130. The fourth-order valence-electron chi connectivity index (χ4n) is 2.30. The quantitative estimate of drug-likeness (QED) is 0.667. The van der Waals surface area contributed by atoms with Gasteiger partial charge in [0.25, 0.3) is 0 Å². The summed E-state index contributed by atoms with van der Waals surface area (Å²) in [5, 5.41) is 19.3. The van der Waals surface area contributed by atoms with E-state index in [-0.39, 0.29) is 18.1 Å². The number of phenols is 1. The number of rotatable bonds is 4. The van der Waals surface area contributed by atoms with Gasteiger partial charge in [-0.15, -0.1) is 0 Å². The van der Waals surface area contributed by atoms with Gasteiger partial charge in [-0.25, -0.2) is 4.79 Å². The number of hydrogen-bond acceptors (Lipinski definition) is 5. The SMILES string of the molecule is COc1ccc(/C=C(\C(=O)O)c2ccc3c(c2)OCO3)cc1O. The molecule has 6 nitrogen and oxygen atoms in total. The predicted molar refractivity (Wildman–Crippen MR) is 82.7 cm³/mol. The van der Waals surface area contributed by atoms with Crippen molar-refractivity contribution in [2.45, 2.75) is 0 Å². The highest BCUT2D eigenvalue weighted by Crippen LogP contribution is 2.35. The number of hydrogen-bond donors (Lipinski definition) is 2. The number of ether oxygens (including phenoxy) is 3. The van der Waals surface area contributed by atoms with E-state index in [4.69, 9.17) is 14.2 Å². The van der Waals surface area contributed by atoms with E-state index in [9.17, 15) is 15.0 Å². The molecule has 0 radical (unpaired) electrons. The summed E-state index contributed by atoms with van der Waals surface area (Å²) in [5.41, 5.74) is 1.10. The molecule has 0 saturated carbocycles. The van der Waals surface area contributed by atoms with Crippen molar-refractivity contribution in [3.05, 3.63) is 47.5 Å². The minimum atomic E-state index is -1.08. The molecule has 0 bridgehead atoms. The van der Waals surface area contributed by atoms with E-state index < -0.39 is 5.97 Å². The average Bonchev–Trinajstić information content (AvgIpc) is 3.00. The number of aliphatic carboxylic acids is 1. The van der Waals surface area contributed by atoms with Crippen molar-refractivity contribution in [2.75, 3.05) is 13.9 Å². The third-order valence-electron chi connectivity index (χ3n) is 3.43. The zero-order chi connectivity index (χ0) is 16.4. The molecule has 0 amide bonds. The first-order valence-electron chi connectivity index (χ1n) is 6.80. The summed E-state index contributed by atoms with van der Waals surface area (Å²) in [6.45, 7) is 0.122. The zero-order valence-electron chi connectivity index (χ0n) is 12.3. The van der Waals surface area contributed by atoms with Crippen molar-refractivity contribution in [1.82, 2.24) is 0 Å². The van der Waals surface area contributed by atoms with E-state index in [0.29, 0.717) is 28.4 Å². The minimum Gasteiger partial charge on any atom is -0.504 e. The molecular weight excluding hydrogens is 300 g/mol. The van der Waals surface area contributed by atoms with Crippen LogP contribution in [0.5, 0.6) is 23.0 Å². The molecule has 6 heteroatoms. The molecule has 0 aliphatic carbocycles. The van der Waals surface area contributed by atoms with Gasteiger partial charge >= 0.3 is 5.97 Å². The van der Waals surface area contributed by atoms with Crippen LogP contribution in [-0.2, 0) is 4.79 Å². The minimum absolute atomic E-state index is 0.0586. The Morgan fingerprint density at radius 1 is 1.17 bits per heavy atom. The summed E-state index contributed by atoms with van der Waals surface area (Å²) in [6.07, 6.45) is 1.47. The lowest BCUT2D eigenvalue weighted by Crippen LogP contribution is -1.99. The number of methoxy groups -OCH3 is 1. The highest BCUT2D eigenvalue weighted by atomic mass is 16.7. The van der Waals surface area contributed by atoms with Gasteiger partial charge in [0.15, 0.2) is 23.0 Å². The normalized spacial score (nSPS) is 13.0. The third kappa shape index (κ3) is 2.91. The molecule has 0 fully saturated rings. The fourth-order valence-corrected chi connectivity index (χ4v) is 2.30. The number of benzene rings is 2. The maximum atomic E-state index is 11.6. The van der Waals surface area contributed by atoms with Gasteiger partial charge in [0.2, 0.25) is 6.79 Å². The van der Waals surface area contributed by atoms with Gasteiger partial charge in [0.05, 0.1) is 12.7 Å². The number of carbonyl (C=O) groups is 1. The molecule has 23 heavy (non-hydrogen) atoms. The Hall–Kier alpha value is -3.15. The summed E-state index contributed by atoms with van der Waals surface area (Å²) < 4.78 is 15.5. The van der Waals surface area contributed by atoms with Gasteiger partial charge in [-0.1, -0.05) is 12.1 Å². The molecule has 1 heterocycles. The van der Waals surface area contributed by atoms with Gasteiger partial charge in [0.1, 0.15) is 0 Å². The predicted octanol–water partition coefficient (Wildman–Crippen LogP) is 2.75. The van der Waals surface area contributed by atoms with Crippen LogP contribution in [-0.4, -0.2) is 30.1 Å². The maximum absolute atomic E-state index is 11.6. The fraction of sp³-hybridized carbons (Fsp3) is 0.118. The van der Waals surface area contributed by atoms with Gasteiger partial charge in [0, 0.05) is 0 Å². The summed E-state index contributed by atoms with van der Waals surface area (Å²) >= 11 is 0. The Kier molecular flexibility index (Phi) is 3.80. The molecule has 2 N–H and O–H groups in total. The summed E-state index contributed by atoms with van der Waals surface area (Å²) in [7, 11) is 1.44. The van der Waals surface area contributed by atoms with E-state index >= 15 is 0 Å². The molecule has 3 rings (SSSR count). The molecule has 0 aromatic heterocycles. The highest BCUT2D eigenvalue weighted by Gasteiger charge is 2.18. The van der Waals surface area contributed by atoms with Crippen LogP contribution >= 0.6 is 0 Å². The lowest BCUT2D eigenvalue weighted by atomic mass is 10.0. The molecule has 0 saturated heterocycles. The first-order chi connectivity index (χ1) is 11.1. The van der Waals surface area contributed by atoms with Crippen molar-refractivity contribution < 1.29 is 29.2 Å². The topological polar surface area (TPSA) is 85.2 Å². The van der Waals surface area contributed by atoms with Crippen molar-refractivity contribution in [2.24, 2.45) is 0 Å². The second-order valence-electron chi connectivity index (χ2n) is 4.86. The van der Waals surface area contributed by atoms with Crippen LogP contribution < -0.4 is 14.2 Å². The maximum Gasteiger partial charge on any atom is 0.336 e. The molecule has 0 atom stereocenters. The Bertz CT molecular complexity index is 794. The second kappa shape index (κ2) is 5.92. The molecule has 2 aromatic carbocycles. The van der Waals surface area contributed by atoms with E-state index in [1.54, 1.807) is 30.3 Å². The van der Waals surface area contributed by atoms with E-state index in [1.165, 1.54) is 19.3 Å². The van der Waals surface area contributed by atoms with Crippen molar-refractivity contribution in [3.8, 4) is 23.0 Å². The molecule has 1 aliphatic rings. The number of carboxylic acids is 1. The zero-order valence-corrected chi connectivity index (χ0v) is 12.3. The Morgan fingerprint density at radius 3 is 2.65 bits per heavy atom. The molecular formula is C17H14O6. The summed E-state index contributed by atoms with van der Waals surface area (Å²) in [6, 6.07) is 9.60. The van der Waals surface area contributed by atoms with Crippen LogP contribution in [0.4, 0.5) is 0 Å². The number of carboxylic acid groups (broad SMARTS) is 1. The summed E-state index contributed by atoms with van der Waals surface area (Å²) in [5.74, 6) is 0.269. The summed E-state index contributed by atoms with van der Waals surface area (Å²) in [4.78, 5) is 11.6. The third-order valence-corrected chi connectivity index (χ3v) is 3.43. The van der Waals surface area contributed by atoms with E-state index in [0.717, 1.165) is 0 Å². The van der Waals surface area contributed by atoms with Crippen LogP contribution in [0, 0.1) is 0 Å². The Balaban J connectivity index is 2.01. The first kappa shape index (κ1) is 14.8. The lowest BCUT2D eigenvalue weighted by Gasteiger charge is -2.07. The molecule has 118 valence electrons. The van der Waals surface area contributed by atoms with Gasteiger partial charge < -0.3 is 24.4 Å². The second-order valence-corrected chi connectivity index (χ2v) is 4.86. The van der Waals surface area contributed by atoms with E-state index in [1.807, 2.05) is 0 Å². The molecule has 0 spiro atoms. The molecule has 2 aromatic rings. The van der Waals surface area contributed by atoms with Crippen molar-refractivity contribution in [1.29, 1.82) is 0 Å². The number of fused-ring (bicyclic) bond motifs is 1. The van der Waals surface area contributed by atoms with Gasteiger partial charge in [-0.05, 0) is 41.5 Å². The standard InChI is InChI=1S/C17H14O6/c1-21-14-4-2-10(7-13(14)18)6-12(17(19)20)11-3-5-15-16(8-11)23-9-22-15/h2-8,18H,9H2,1H3,(H,19,20)/b12-6-. The average molecular weight is 314 g/mol. The van der Waals surface area contributed by atoms with Gasteiger partial charge in [-0.2, -0.15) is 0 Å². The number of aromatic hydroxyl groups is 1. The number of phenolic OH excluding ortho intramolecular Hbond substituents is 1. The van der Waals surface area contributed by atoms with Crippen LogP contribution in [0.2, 0.25) is 0 Å². The largest absolute Gasteiger partial charge is 0.504 e. The van der Waals surface area contributed by atoms with Crippen molar-refractivity contribution in [3.63, 3.8) is 0 Å². The van der Waals surface area contributed by atoms with Gasteiger partial charge in [-0.3, -0.25) is 0 Å². The molecule has 0 unspecified atom stereocenters. The van der Waals surface area contributed by atoms with Crippen molar-refractivity contribution >= 4 is 17.6 Å².